The molecule has 124 valence electrons. The largest absolute Gasteiger partial charge is 0.264 e. The molecule has 0 aliphatic heterocycles. The maximum absolute atomic E-state index is 12.3. The van der Waals surface area contributed by atoms with Crippen LogP contribution in [0.25, 0.3) is 0 Å². The molecule has 0 atom stereocenters. The summed E-state index contributed by atoms with van der Waals surface area (Å²) in [7, 11) is -3.73. The smallest absolute Gasteiger partial charge is 0.246 e. The maximum atomic E-state index is 12.3. The first-order chi connectivity index (χ1) is 11.4. The molecule has 9 heteroatoms. The van der Waals surface area contributed by atoms with Gasteiger partial charge in [0.05, 0.1) is 11.4 Å². The van der Waals surface area contributed by atoms with Crippen molar-refractivity contribution in [2.75, 3.05) is 4.72 Å². The number of anilines is 1. The highest BCUT2D eigenvalue weighted by Gasteiger charge is 2.16. The van der Waals surface area contributed by atoms with Crippen molar-refractivity contribution >= 4 is 43.5 Å². The van der Waals surface area contributed by atoms with E-state index in [2.05, 4.69) is 30.7 Å². The Balaban J connectivity index is 1.75. The van der Waals surface area contributed by atoms with Crippen LogP contribution in [0.3, 0.4) is 0 Å². The molecule has 0 spiro atoms. The van der Waals surface area contributed by atoms with Crippen molar-refractivity contribution in [2.45, 2.75) is 11.4 Å². The topological polar surface area (TPSA) is 76.9 Å². The van der Waals surface area contributed by atoms with Gasteiger partial charge in [0.15, 0.2) is 0 Å². The van der Waals surface area contributed by atoms with Gasteiger partial charge in [-0.1, -0.05) is 39.7 Å². The average molecular weight is 428 g/mol. The van der Waals surface area contributed by atoms with E-state index in [1.54, 1.807) is 18.2 Å². The van der Waals surface area contributed by atoms with E-state index in [0.29, 0.717) is 11.6 Å². The van der Waals surface area contributed by atoms with Gasteiger partial charge in [-0.15, -0.1) is 5.10 Å². The van der Waals surface area contributed by atoms with Crippen molar-refractivity contribution in [1.29, 1.82) is 0 Å². The van der Waals surface area contributed by atoms with Gasteiger partial charge in [0.2, 0.25) is 0 Å². The molecule has 1 N–H and O–H groups in total. The molecule has 0 fully saturated rings. The lowest BCUT2D eigenvalue weighted by molar-refractivity contribution is 0.600. The molecule has 0 amide bonds. The molecule has 0 bridgehead atoms. The summed E-state index contributed by atoms with van der Waals surface area (Å²) in [6, 6.07) is 13.6. The third-order valence-electron chi connectivity index (χ3n) is 3.12. The number of benzene rings is 2. The third-order valence-corrected chi connectivity index (χ3v) is 5.23. The second kappa shape index (κ2) is 6.92. The van der Waals surface area contributed by atoms with Gasteiger partial charge in [0, 0.05) is 9.50 Å². The molecular formula is C15H12BrClN4O2S. The number of hydrogen-bond acceptors (Lipinski definition) is 4. The molecule has 24 heavy (non-hydrogen) atoms. The molecule has 1 aromatic heterocycles. The van der Waals surface area contributed by atoms with Gasteiger partial charge in [0.25, 0.3) is 16.0 Å². The van der Waals surface area contributed by atoms with Crippen LogP contribution in [-0.4, -0.2) is 23.2 Å². The lowest BCUT2D eigenvalue weighted by atomic mass is 10.2. The van der Waals surface area contributed by atoms with Crippen LogP contribution in [0, 0.1) is 0 Å². The van der Waals surface area contributed by atoms with Crippen LogP contribution in [-0.2, 0) is 16.6 Å². The Kier molecular flexibility index (Phi) is 4.88. The number of nitrogens with zero attached hydrogens (tertiary/aromatic N) is 3. The lowest BCUT2D eigenvalue weighted by Crippen LogP contribution is -2.14. The summed E-state index contributed by atoms with van der Waals surface area (Å²) in [5.41, 5.74) is 0.940. The second-order valence-electron chi connectivity index (χ2n) is 4.96. The first-order valence-electron chi connectivity index (χ1n) is 6.85. The summed E-state index contributed by atoms with van der Waals surface area (Å²) in [4.78, 5) is 4.12. The van der Waals surface area contributed by atoms with E-state index in [0.717, 1.165) is 10.0 Å². The van der Waals surface area contributed by atoms with Crippen LogP contribution in [0.1, 0.15) is 5.56 Å². The standard InChI is InChI=1S/C15H12BrClN4O2S/c16-12-4-6-14(7-5-12)24(22,23)20-15-18-10-21(19-15)9-11-2-1-3-13(17)8-11/h1-8,10H,9H2,(H,19,20). The van der Waals surface area contributed by atoms with Gasteiger partial charge >= 0.3 is 0 Å². The van der Waals surface area contributed by atoms with Crippen molar-refractivity contribution in [3.63, 3.8) is 0 Å². The Labute approximate surface area is 152 Å². The quantitative estimate of drug-likeness (QED) is 0.675. The summed E-state index contributed by atoms with van der Waals surface area (Å²) in [6.07, 6.45) is 1.46. The molecular weight excluding hydrogens is 416 g/mol. The minimum Gasteiger partial charge on any atom is -0.246 e. The summed E-state index contributed by atoms with van der Waals surface area (Å²) in [5, 5.41) is 4.75. The summed E-state index contributed by atoms with van der Waals surface area (Å²) in [6.45, 7) is 0.438. The number of sulfonamides is 1. The lowest BCUT2D eigenvalue weighted by Gasteiger charge is -2.04. The van der Waals surface area contributed by atoms with E-state index in [1.165, 1.54) is 23.1 Å². The molecule has 6 nitrogen and oxygen atoms in total. The highest BCUT2D eigenvalue weighted by Crippen LogP contribution is 2.17. The highest BCUT2D eigenvalue weighted by atomic mass is 79.9. The first-order valence-corrected chi connectivity index (χ1v) is 9.50. The van der Waals surface area contributed by atoms with Crippen molar-refractivity contribution in [3.05, 3.63) is 69.9 Å². The molecule has 0 saturated carbocycles. The molecule has 0 radical (unpaired) electrons. The molecule has 0 saturated heterocycles. The maximum Gasteiger partial charge on any atom is 0.264 e. The predicted molar refractivity (Wildman–Crippen MR) is 95.5 cm³/mol. The van der Waals surface area contributed by atoms with Crippen molar-refractivity contribution in [3.8, 4) is 0 Å². The molecule has 3 rings (SSSR count). The normalized spacial score (nSPS) is 11.4. The SMILES string of the molecule is O=S(=O)(Nc1ncn(Cc2cccc(Cl)c2)n1)c1ccc(Br)cc1. The summed E-state index contributed by atoms with van der Waals surface area (Å²) < 4.78 is 29.3. The van der Waals surface area contributed by atoms with Gasteiger partial charge in [-0.3, -0.25) is 0 Å². The Morgan fingerprint density at radius 1 is 1.17 bits per heavy atom. The minimum absolute atomic E-state index is 0.0138. The van der Waals surface area contributed by atoms with Gasteiger partial charge < -0.3 is 0 Å². The zero-order valence-electron chi connectivity index (χ0n) is 12.2. The minimum atomic E-state index is -3.73. The van der Waals surface area contributed by atoms with Crippen LogP contribution < -0.4 is 4.72 Å². The molecule has 2 aromatic carbocycles. The van der Waals surface area contributed by atoms with Gasteiger partial charge in [-0.2, -0.15) is 4.98 Å². The number of aromatic nitrogens is 3. The second-order valence-corrected chi connectivity index (χ2v) is 7.99. The van der Waals surface area contributed by atoms with Crippen molar-refractivity contribution in [2.24, 2.45) is 0 Å². The van der Waals surface area contributed by atoms with Crippen LogP contribution in [0.5, 0.6) is 0 Å². The third kappa shape index (κ3) is 4.14. The van der Waals surface area contributed by atoms with Crippen LogP contribution in [0.15, 0.2) is 64.2 Å². The Hall–Kier alpha value is -1.90. The van der Waals surface area contributed by atoms with E-state index < -0.39 is 10.0 Å². The van der Waals surface area contributed by atoms with Gasteiger partial charge in [-0.25, -0.2) is 17.8 Å². The van der Waals surface area contributed by atoms with Crippen LogP contribution >= 0.6 is 27.5 Å². The fourth-order valence-electron chi connectivity index (χ4n) is 2.03. The van der Waals surface area contributed by atoms with E-state index in [4.69, 9.17) is 11.6 Å². The van der Waals surface area contributed by atoms with Crippen LogP contribution in [0.2, 0.25) is 5.02 Å². The number of halogens is 2. The molecule has 1 heterocycles. The van der Waals surface area contributed by atoms with E-state index in [-0.39, 0.29) is 10.8 Å². The predicted octanol–water partition coefficient (Wildman–Crippen LogP) is 3.54. The Morgan fingerprint density at radius 2 is 1.92 bits per heavy atom. The van der Waals surface area contributed by atoms with E-state index in [1.807, 2.05) is 18.2 Å². The number of nitrogens with one attached hydrogen (secondary N) is 1. The molecule has 0 unspecified atom stereocenters. The summed E-state index contributed by atoms with van der Waals surface area (Å²) in [5.74, 6) is 0.0138. The fourth-order valence-corrected chi connectivity index (χ4v) is 3.46. The first kappa shape index (κ1) is 16.9. The monoisotopic (exact) mass is 426 g/mol. The van der Waals surface area contributed by atoms with Gasteiger partial charge in [0.1, 0.15) is 6.33 Å². The van der Waals surface area contributed by atoms with Crippen LogP contribution in [0.4, 0.5) is 5.95 Å². The van der Waals surface area contributed by atoms with E-state index in [9.17, 15) is 8.42 Å². The molecule has 0 aliphatic rings. The molecule has 0 aliphatic carbocycles. The summed E-state index contributed by atoms with van der Waals surface area (Å²) >= 11 is 9.21. The average Bonchev–Trinajstić information content (AvgIpc) is 2.94. The Bertz CT molecular complexity index is 958. The van der Waals surface area contributed by atoms with Crippen molar-refractivity contribution in [1.82, 2.24) is 14.8 Å². The number of rotatable bonds is 5. The molecule has 3 aromatic rings. The van der Waals surface area contributed by atoms with Crippen molar-refractivity contribution < 1.29 is 8.42 Å². The fraction of sp³-hybridized carbons (Fsp3) is 0.0667. The zero-order chi connectivity index (χ0) is 17.2. The highest BCUT2D eigenvalue weighted by molar-refractivity contribution is 9.10. The van der Waals surface area contributed by atoms with Gasteiger partial charge in [-0.05, 0) is 42.0 Å². The zero-order valence-corrected chi connectivity index (χ0v) is 15.4. The number of hydrogen-bond donors (Lipinski definition) is 1. The Morgan fingerprint density at radius 3 is 2.62 bits per heavy atom. The van der Waals surface area contributed by atoms with E-state index >= 15 is 0 Å².